The van der Waals surface area contributed by atoms with Gasteiger partial charge in [-0.15, -0.1) is 11.3 Å². The Morgan fingerprint density at radius 1 is 1.27 bits per heavy atom. The molecule has 1 aliphatic carbocycles. The summed E-state index contributed by atoms with van der Waals surface area (Å²) in [5, 5.41) is 4.83. The Balaban J connectivity index is 1.58. The lowest BCUT2D eigenvalue weighted by molar-refractivity contribution is -0.129. The maximum absolute atomic E-state index is 11.8. The molecule has 26 heavy (non-hydrogen) atoms. The van der Waals surface area contributed by atoms with Gasteiger partial charge in [0, 0.05) is 37.0 Å². The highest BCUT2D eigenvalue weighted by atomic mass is 32.1. The van der Waals surface area contributed by atoms with Gasteiger partial charge in [-0.2, -0.15) is 0 Å². The topological polar surface area (TPSA) is 61.4 Å². The summed E-state index contributed by atoms with van der Waals surface area (Å²) in [4.78, 5) is 27.6. The van der Waals surface area contributed by atoms with Crippen LogP contribution in [0.4, 0.5) is 5.82 Å². The van der Waals surface area contributed by atoms with Crippen molar-refractivity contribution in [3.63, 3.8) is 0 Å². The first-order chi connectivity index (χ1) is 12.5. The van der Waals surface area contributed by atoms with Crippen LogP contribution in [0.25, 0.3) is 10.2 Å². The van der Waals surface area contributed by atoms with Gasteiger partial charge in [-0.1, -0.05) is 0 Å². The van der Waals surface area contributed by atoms with Crippen molar-refractivity contribution >= 4 is 33.3 Å². The van der Waals surface area contributed by atoms with Crippen LogP contribution in [0.15, 0.2) is 6.33 Å². The number of fused-ring (bicyclic) bond motifs is 3. The molecule has 1 amide bonds. The van der Waals surface area contributed by atoms with E-state index >= 15 is 0 Å². The molecule has 0 atom stereocenters. The van der Waals surface area contributed by atoms with Crippen LogP contribution in [0.2, 0.25) is 0 Å². The van der Waals surface area contributed by atoms with Gasteiger partial charge in [-0.05, 0) is 51.8 Å². The molecule has 1 N–H and O–H groups in total. The van der Waals surface area contributed by atoms with Gasteiger partial charge in [0.05, 0.1) is 5.39 Å². The minimum atomic E-state index is 0.142. The van der Waals surface area contributed by atoms with Crippen LogP contribution >= 0.6 is 11.3 Å². The van der Waals surface area contributed by atoms with Gasteiger partial charge >= 0.3 is 0 Å². The van der Waals surface area contributed by atoms with Gasteiger partial charge in [0.2, 0.25) is 5.91 Å². The number of thiophene rings is 1. The van der Waals surface area contributed by atoms with Crippen LogP contribution in [-0.4, -0.2) is 58.4 Å². The molecule has 2 aliphatic rings. The Labute approximate surface area is 158 Å². The van der Waals surface area contributed by atoms with E-state index in [1.807, 2.05) is 4.90 Å². The number of hydrogen-bond donors (Lipinski definition) is 1. The molecule has 2 aromatic heterocycles. The zero-order chi connectivity index (χ0) is 18.3. The van der Waals surface area contributed by atoms with Gasteiger partial charge in [0.1, 0.15) is 17.0 Å². The number of amides is 1. The molecule has 7 heteroatoms. The Kier molecular flexibility index (Phi) is 4.84. The minimum Gasteiger partial charge on any atom is -0.367 e. The van der Waals surface area contributed by atoms with Crippen molar-refractivity contribution in [1.82, 2.24) is 19.8 Å². The van der Waals surface area contributed by atoms with Crippen LogP contribution in [0.5, 0.6) is 0 Å². The summed E-state index contributed by atoms with van der Waals surface area (Å²) in [7, 11) is 4.34. The molecule has 0 spiro atoms. The van der Waals surface area contributed by atoms with Crippen LogP contribution < -0.4 is 5.32 Å². The highest BCUT2D eigenvalue weighted by molar-refractivity contribution is 7.19. The summed E-state index contributed by atoms with van der Waals surface area (Å²) in [5.74, 6) is 1.09. The Morgan fingerprint density at radius 2 is 2.04 bits per heavy atom. The van der Waals surface area contributed by atoms with Gasteiger partial charge in [0.15, 0.2) is 0 Å². The monoisotopic (exact) mass is 373 g/mol. The van der Waals surface area contributed by atoms with E-state index in [0.717, 1.165) is 29.0 Å². The number of hydrogen-bond acceptors (Lipinski definition) is 6. The molecule has 0 aromatic carbocycles. The molecule has 1 fully saturated rings. The molecule has 2 aromatic rings. The zero-order valence-corrected chi connectivity index (χ0v) is 16.6. The quantitative estimate of drug-likeness (QED) is 0.896. The predicted molar refractivity (Wildman–Crippen MR) is 106 cm³/mol. The fraction of sp³-hybridized carbons (Fsp3) is 0.632. The molecule has 6 nitrogen and oxygen atoms in total. The van der Waals surface area contributed by atoms with E-state index in [-0.39, 0.29) is 5.91 Å². The van der Waals surface area contributed by atoms with Gasteiger partial charge in [-0.3, -0.25) is 4.79 Å². The van der Waals surface area contributed by atoms with Gasteiger partial charge in [0.25, 0.3) is 0 Å². The summed E-state index contributed by atoms with van der Waals surface area (Å²) < 4.78 is 0. The van der Waals surface area contributed by atoms with Crippen LogP contribution in [0.3, 0.4) is 0 Å². The van der Waals surface area contributed by atoms with E-state index in [0.29, 0.717) is 18.6 Å². The van der Waals surface area contributed by atoms with Gasteiger partial charge < -0.3 is 15.1 Å². The summed E-state index contributed by atoms with van der Waals surface area (Å²) in [6, 6.07) is 1.16. The molecular weight excluding hydrogens is 346 g/mol. The highest BCUT2D eigenvalue weighted by Gasteiger charge is 2.27. The van der Waals surface area contributed by atoms with Crippen LogP contribution in [0, 0.1) is 0 Å². The van der Waals surface area contributed by atoms with Crippen molar-refractivity contribution < 1.29 is 4.79 Å². The minimum absolute atomic E-state index is 0.142. The zero-order valence-electron chi connectivity index (χ0n) is 15.8. The van der Waals surface area contributed by atoms with Crippen molar-refractivity contribution in [2.75, 3.05) is 26.0 Å². The molecular formula is C19H27N5OS. The smallest absolute Gasteiger partial charge is 0.219 e. The molecule has 0 saturated heterocycles. The van der Waals surface area contributed by atoms with Crippen LogP contribution in [-0.2, 0) is 17.8 Å². The molecule has 4 rings (SSSR count). The third-order valence-electron chi connectivity index (χ3n) is 5.84. The van der Waals surface area contributed by atoms with E-state index in [1.165, 1.54) is 36.1 Å². The standard InChI is InChI=1S/C19H27N5OS/c1-12(25)24-9-8-16-15(10-24)17-18(20-11-21-19(17)26-16)22-13-4-6-14(7-5-13)23(2)3/h11,13-14H,4-10H2,1-3H3,(H,20,21,22). The van der Waals surface area contributed by atoms with E-state index in [2.05, 4.69) is 34.3 Å². The Morgan fingerprint density at radius 3 is 2.73 bits per heavy atom. The fourth-order valence-electron chi connectivity index (χ4n) is 4.22. The van der Waals surface area contributed by atoms with E-state index in [1.54, 1.807) is 24.6 Å². The second-order valence-corrected chi connectivity index (χ2v) is 8.79. The molecule has 3 heterocycles. The Bertz CT molecular complexity index is 810. The number of carbonyl (C=O) groups is 1. The number of nitrogens with one attached hydrogen (secondary N) is 1. The molecule has 1 saturated carbocycles. The first kappa shape index (κ1) is 17.7. The first-order valence-corrected chi connectivity index (χ1v) is 10.3. The lowest BCUT2D eigenvalue weighted by atomic mass is 9.90. The number of anilines is 1. The average molecular weight is 374 g/mol. The fourth-order valence-corrected chi connectivity index (χ4v) is 5.36. The van der Waals surface area contributed by atoms with Crippen molar-refractivity contribution in [2.24, 2.45) is 0 Å². The Hall–Kier alpha value is -1.73. The third-order valence-corrected chi connectivity index (χ3v) is 7.04. The second kappa shape index (κ2) is 7.12. The van der Waals surface area contributed by atoms with E-state index in [9.17, 15) is 4.79 Å². The third kappa shape index (κ3) is 3.30. The molecule has 0 radical (unpaired) electrons. The van der Waals surface area contributed by atoms with Gasteiger partial charge in [-0.25, -0.2) is 9.97 Å². The summed E-state index contributed by atoms with van der Waals surface area (Å²) in [6.07, 6.45) is 7.36. The predicted octanol–water partition coefficient (Wildman–Crippen LogP) is 2.88. The van der Waals surface area contributed by atoms with Crippen molar-refractivity contribution in [3.8, 4) is 0 Å². The largest absolute Gasteiger partial charge is 0.367 e. The highest BCUT2D eigenvalue weighted by Crippen LogP contribution is 2.38. The van der Waals surface area contributed by atoms with E-state index < -0.39 is 0 Å². The normalized spacial score (nSPS) is 23.3. The second-order valence-electron chi connectivity index (χ2n) is 7.71. The number of carbonyl (C=O) groups excluding carboxylic acids is 1. The number of rotatable bonds is 3. The molecule has 0 unspecified atom stereocenters. The molecule has 140 valence electrons. The first-order valence-electron chi connectivity index (χ1n) is 9.46. The summed E-state index contributed by atoms with van der Waals surface area (Å²) in [5.41, 5.74) is 1.25. The van der Waals surface area contributed by atoms with Crippen molar-refractivity contribution in [1.29, 1.82) is 0 Å². The van der Waals surface area contributed by atoms with E-state index in [4.69, 9.17) is 0 Å². The summed E-state index contributed by atoms with van der Waals surface area (Å²) >= 11 is 1.76. The molecule has 1 aliphatic heterocycles. The van der Waals surface area contributed by atoms with Crippen molar-refractivity contribution in [2.45, 2.75) is 57.7 Å². The average Bonchev–Trinajstić information content (AvgIpc) is 3.00. The maximum Gasteiger partial charge on any atom is 0.219 e. The SMILES string of the molecule is CC(=O)N1CCc2sc3ncnc(NC4CCC(N(C)C)CC4)c3c2C1. The van der Waals surface area contributed by atoms with Crippen LogP contribution in [0.1, 0.15) is 43.0 Å². The number of aromatic nitrogens is 2. The van der Waals surface area contributed by atoms with Crippen molar-refractivity contribution in [3.05, 3.63) is 16.8 Å². The molecule has 0 bridgehead atoms. The number of nitrogens with zero attached hydrogens (tertiary/aromatic N) is 4. The maximum atomic E-state index is 11.8. The summed E-state index contributed by atoms with van der Waals surface area (Å²) in [6.45, 7) is 3.14. The lowest BCUT2D eigenvalue weighted by Gasteiger charge is -2.33. The lowest BCUT2D eigenvalue weighted by Crippen LogP contribution is -2.36.